The summed E-state index contributed by atoms with van der Waals surface area (Å²) in [7, 11) is 2.55. The fraction of sp³-hybridized carbons (Fsp3) is 0.429. The number of aliphatic imine (C=N–C) groups is 1. The molecule has 1 aliphatic heterocycles. The highest BCUT2D eigenvalue weighted by Crippen LogP contribution is 2.22. The number of carbonyl (C=O) groups is 1. The lowest BCUT2D eigenvalue weighted by atomic mass is 10.2. The third-order valence-corrected chi connectivity index (χ3v) is 2.30. The van der Waals surface area contributed by atoms with Crippen LogP contribution in [0.3, 0.4) is 0 Å². The molecule has 1 atom stereocenters. The minimum absolute atomic E-state index is 0.0291. The van der Waals surface area contributed by atoms with Crippen molar-refractivity contribution < 1.29 is 14.3 Å². The molecule has 0 fully saturated rings. The number of ether oxygens (including phenoxy) is 2. The number of carbonyl (C=O) groups excluding carboxylic acids is 1. The fourth-order valence-electron chi connectivity index (χ4n) is 0.894. The SMILES string of the molecule is COC(=O)C1(OC)C=NC(Cl)=C(Cl)N1. The molecule has 0 radical (unpaired) electrons. The summed E-state index contributed by atoms with van der Waals surface area (Å²) in [5.41, 5.74) is -1.50. The van der Waals surface area contributed by atoms with Gasteiger partial charge in [-0.2, -0.15) is 0 Å². The maximum absolute atomic E-state index is 11.3. The largest absolute Gasteiger partial charge is 0.465 e. The molecular formula is C7H8Cl2N2O3. The summed E-state index contributed by atoms with van der Waals surface area (Å²) in [5, 5.41) is 2.63. The highest BCUT2D eigenvalue weighted by atomic mass is 35.5. The van der Waals surface area contributed by atoms with E-state index < -0.39 is 11.7 Å². The van der Waals surface area contributed by atoms with Crippen LogP contribution in [0.4, 0.5) is 0 Å². The van der Waals surface area contributed by atoms with E-state index in [0.29, 0.717) is 0 Å². The highest BCUT2D eigenvalue weighted by Gasteiger charge is 2.41. The van der Waals surface area contributed by atoms with Gasteiger partial charge < -0.3 is 14.8 Å². The van der Waals surface area contributed by atoms with Gasteiger partial charge in [0.2, 0.25) is 0 Å². The van der Waals surface area contributed by atoms with E-state index in [1.165, 1.54) is 20.4 Å². The fourth-order valence-corrected chi connectivity index (χ4v) is 1.18. The van der Waals surface area contributed by atoms with Gasteiger partial charge in [-0.3, -0.25) is 0 Å². The zero-order valence-corrected chi connectivity index (χ0v) is 9.02. The van der Waals surface area contributed by atoms with Crippen LogP contribution < -0.4 is 5.32 Å². The molecule has 7 heteroatoms. The third-order valence-electron chi connectivity index (χ3n) is 1.65. The molecule has 0 aromatic carbocycles. The maximum atomic E-state index is 11.3. The Kier molecular flexibility index (Phi) is 3.36. The Labute approximate surface area is 90.7 Å². The summed E-state index contributed by atoms with van der Waals surface area (Å²) in [6, 6.07) is 0. The smallest absolute Gasteiger partial charge is 0.365 e. The number of nitrogens with zero attached hydrogens (tertiary/aromatic N) is 1. The Morgan fingerprint density at radius 2 is 2.21 bits per heavy atom. The number of methoxy groups -OCH3 is 2. The van der Waals surface area contributed by atoms with Crippen molar-refractivity contribution in [2.45, 2.75) is 5.72 Å². The van der Waals surface area contributed by atoms with Gasteiger partial charge in [-0.05, 0) is 0 Å². The van der Waals surface area contributed by atoms with Crippen molar-refractivity contribution in [1.82, 2.24) is 5.32 Å². The zero-order valence-electron chi connectivity index (χ0n) is 7.51. The van der Waals surface area contributed by atoms with Gasteiger partial charge in [-0.25, -0.2) is 9.79 Å². The molecule has 14 heavy (non-hydrogen) atoms. The lowest BCUT2D eigenvalue weighted by Gasteiger charge is -2.29. The second kappa shape index (κ2) is 4.16. The van der Waals surface area contributed by atoms with Crippen LogP contribution in [0, 0.1) is 0 Å². The number of nitrogens with one attached hydrogen (secondary N) is 1. The van der Waals surface area contributed by atoms with Crippen LogP contribution in [0.1, 0.15) is 0 Å². The van der Waals surface area contributed by atoms with E-state index in [0.717, 1.165) is 0 Å². The molecule has 0 aromatic heterocycles. The molecule has 1 rings (SSSR count). The Balaban J connectivity index is 2.98. The van der Waals surface area contributed by atoms with Gasteiger partial charge in [-0.15, -0.1) is 0 Å². The van der Waals surface area contributed by atoms with E-state index in [2.05, 4.69) is 15.0 Å². The summed E-state index contributed by atoms with van der Waals surface area (Å²) in [6.45, 7) is 0. The van der Waals surface area contributed by atoms with Crippen LogP contribution in [-0.4, -0.2) is 32.1 Å². The van der Waals surface area contributed by atoms with Crippen molar-refractivity contribution in [3.05, 3.63) is 10.3 Å². The summed E-state index contributed by atoms with van der Waals surface area (Å²) in [5.74, 6) is -0.661. The van der Waals surface area contributed by atoms with E-state index >= 15 is 0 Å². The number of hydrogen-bond acceptors (Lipinski definition) is 5. The molecule has 0 aromatic rings. The van der Waals surface area contributed by atoms with E-state index in [1.807, 2.05) is 0 Å². The van der Waals surface area contributed by atoms with Crippen molar-refractivity contribution in [2.75, 3.05) is 14.2 Å². The van der Waals surface area contributed by atoms with Crippen LogP contribution in [0.15, 0.2) is 15.3 Å². The predicted molar refractivity (Wildman–Crippen MR) is 52.1 cm³/mol. The van der Waals surface area contributed by atoms with Gasteiger partial charge in [0.1, 0.15) is 5.16 Å². The van der Waals surface area contributed by atoms with Gasteiger partial charge in [-0.1, -0.05) is 23.2 Å². The zero-order chi connectivity index (χ0) is 10.8. The first-order chi connectivity index (χ1) is 6.55. The quantitative estimate of drug-likeness (QED) is 0.571. The maximum Gasteiger partial charge on any atom is 0.365 e. The van der Waals surface area contributed by atoms with Crippen LogP contribution in [0.5, 0.6) is 0 Å². The molecule has 1 aliphatic rings. The second-order valence-corrected chi connectivity index (χ2v) is 3.16. The third kappa shape index (κ3) is 1.84. The van der Waals surface area contributed by atoms with Crippen molar-refractivity contribution in [2.24, 2.45) is 4.99 Å². The lowest BCUT2D eigenvalue weighted by molar-refractivity contribution is -0.159. The molecule has 0 saturated carbocycles. The molecule has 0 aliphatic carbocycles. The molecule has 5 nitrogen and oxygen atoms in total. The molecule has 0 amide bonds. The van der Waals surface area contributed by atoms with Crippen LogP contribution in [-0.2, 0) is 14.3 Å². The number of esters is 1. The minimum Gasteiger partial charge on any atom is -0.465 e. The normalized spacial score (nSPS) is 26.0. The molecule has 78 valence electrons. The van der Waals surface area contributed by atoms with Crippen molar-refractivity contribution in [3.63, 3.8) is 0 Å². The summed E-state index contributed by atoms with van der Waals surface area (Å²) in [6.07, 6.45) is 1.19. The van der Waals surface area contributed by atoms with Crippen molar-refractivity contribution in [3.8, 4) is 0 Å². The average Bonchev–Trinajstić information content (AvgIpc) is 2.21. The van der Waals surface area contributed by atoms with Gasteiger partial charge in [0.25, 0.3) is 5.72 Å². The number of hydrogen-bond donors (Lipinski definition) is 1. The summed E-state index contributed by atoms with van der Waals surface area (Å²) >= 11 is 11.2. The topological polar surface area (TPSA) is 59.9 Å². The first-order valence-electron chi connectivity index (χ1n) is 3.58. The lowest BCUT2D eigenvalue weighted by Crippen LogP contribution is -2.56. The summed E-state index contributed by atoms with van der Waals surface area (Å²) in [4.78, 5) is 15.1. The van der Waals surface area contributed by atoms with Crippen molar-refractivity contribution in [1.29, 1.82) is 0 Å². The Morgan fingerprint density at radius 3 is 2.64 bits per heavy atom. The minimum atomic E-state index is -1.50. The first kappa shape index (κ1) is 11.3. The molecule has 1 N–H and O–H groups in total. The van der Waals surface area contributed by atoms with Crippen LogP contribution in [0.25, 0.3) is 0 Å². The monoisotopic (exact) mass is 238 g/mol. The molecule has 0 saturated heterocycles. The highest BCUT2D eigenvalue weighted by molar-refractivity contribution is 6.39. The van der Waals surface area contributed by atoms with Gasteiger partial charge in [0.05, 0.1) is 13.3 Å². The average molecular weight is 239 g/mol. The van der Waals surface area contributed by atoms with E-state index in [4.69, 9.17) is 27.9 Å². The van der Waals surface area contributed by atoms with Gasteiger partial charge >= 0.3 is 5.97 Å². The van der Waals surface area contributed by atoms with Gasteiger partial charge in [0, 0.05) is 7.11 Å². The standard InChI is InChI=1S/C7H8Cl2N2O3/c1-13-6(12)7(14-2)3-10-4(8)5(9)11-7/h3,11H,1-2H3. The Hall–Kier alpha value is -0.780. The molecule has 0 bridgehead atoms. The number of rotatable bonds is 2. The van der Waals surface area contributed by atoms with Crippen LogP contribution >= 0.6 is 23.2 Å². The molecule has 1 heterocycles. The Morgan fingerprint density at radius 1 is 1.57 bits per heavy atom. The van der Waals surface area contributed by atoms with E-state index in [1.54, 1.807) is 0 Å². The van der Waals surface area contributed by atoms with Crippen LogP contribution in [0.2, 0.25) is 0 Å². The van der Waals surface area contributed by atoms with Gasteiger partial charge in [0.15, 0.2) is 5.16 Å². The molecule has 1 unspecified atom stereocenters. The number of halogens is 2. The molecular weight excluding hydrogens is 231 g/mol. The van der Waals surface area contributed by atoms with E-state index in [9.17, 15) is 4.79 Å². The first-order valence-corrected chi connectivity index (χ1v) is 4.33. The van der Waals surface area contributed by atoms with E-state index in [-0.39, 0.29) is 10.3 Å². The molecule has 0 spiro atoms. The Bertz CT molecular complexity index is 316. The van der Waals surface area contributed by atoms with Crippen molar-refractivity contribution >= 4 is 35.4 Å². The second-order valence-electron chi connectivity index (χ2n) is 2.42. The summed E-state index contributed by atoms with van der Waals surface area (Å²) < 4.78 is 9.46. The predicted octanol–water partition coefficient (Wildman–Crippen LogP) is 0.780.